The van der Waals surface area contributed by atoms with Crippen LogP contribution in [0.15, 0.2) is 35.6 Å². The van der Waals surface area contributed by atoms with Crippen LogP contribution in [0, 0.1) is 80.8 Å². The first kappa shape index (κ1) is 52.6. The summed E-state index contributed by atoms with van der Waals surface area (Å²) < 4.78 is 13.5. The van der Waals surface area contributed by atoms with Crippen LogP contribution in [0.1, 0.15) is 158 Å². The maximum absolute atomic E-state index is 13.3. The number of carbonyl (C=O) groups excluding carboxylic acids is 2. The van der Waals surface area contributed by atoms with Crippen molar-refractivity contribution in [3.05, 3.63) is 30.6 Å². The zero-order valence-electron chi connectivity index (χ0n) is 39.7. The van der Waals surface area contributed by atoms with E-state index in [9.17, 15) is 19.8 Å². The van der Waals surface area contributed by atoms with Gasteiger partial charge < -0.3 is 19.7 Å². The average Bonchev–Trinajstić information content (AvgIpc) is 4.09. The van der Waals surface area contributed by atoms with Gasteiger partial charge in [0.25, 0.3) is 0 Å². The maximum Gasteiger partial charge on any atom is 0.157 e. The summed E-state index contributed by atoms with van der Waals surface area (Å²) in [5, 5.41) is 26.3. The summed E-state index contributed by atoms with van der Waals surface area (Å²) in [4.78, 5) is 29.7. The first-order valence-corrected chi connectivity index (χ1v) is 26.3. The number of hydrogen-bond donors (Lipinski definition) is 2. The van der Waals surface area contributed by atoms with Crippen LogP contribution < -0.4 is 0 Å². The number of halogens is 1. The van der Waals surface area contributed by atoms with Crippen molar-refractivity contribution in [1.82, 2.24) is 9.78 Å². The monoisotopic (exact) mass is 968 g/mol. The molecule has 0 unspecified atom stereocenters. The molecule has 10 rings (SSSR count). The van der Waals surface area contributed by atoms with Crippen molar-refractivity contribution in [1.29, 1.82) is 0 Å². The van der Waals surface area contributed by atoms with Gasteiger partial charge in [0.05, 0.1) is 42.8 Å². The highest BCUT2D eigenvalue weighted by atomic mass is 79.9. The Balaban J connectivity index is 0.000000190. The summed E-state index contributed by atoms with van der Waals surface area (Å²) >= 11 is 3.43. The van der Waals surface area contributed by atoms with Gasteiger partial charge in [-0.25, -0.2) is 0 Å². The molecule has 8 saturated carbocycles. The molecule has 8 fully saturated rings. The number of alkyl halides is 1. The van der Waals surface area contributed by atoms with Gasteiger partial charge >= 0.3 is 0 Å². The summed E-state index contributed by atoms with van der Waals surface area (Å²) in [6.45, 7) is 11.9. The number of aliphatic hydroxyl groups is 2. The third-order valence-electron chi connectivity index (χ3n) is 20.5. The maximum atomic E-state index is 13.3. The van der Waals surface area contributed by atoms with E-state index >= 15 is 0 Å². The molecule has 8 aliphatic carbocycles. The molecule has 16 atom stereocenters. The number of Topliss-reactive ketones (excluding diaryl/α,β-unsaturated/α-hetero) is 2. The first-order valence-electron chi connectivity index (χ1n) is 25.2. The summed E-state index contributed by atoms with van der Waals surface area (Å²) in [7, 11) is 3.71. The fraction of sp³-hybridized carbons (Fsp3) is 0.855. The van der Waals surface area contributed by atoms with Gasteiger partial charge in [0.2, 0.25) is 0 Å². The van der Waals surface area contributed by atoms with Gasteiger partial charge in [0.1, 0.15) is 5.78 Å². The van der Waals surface area contributed by atoms with Crippen LogP contribution in [-0.4, -0.2) is 88.3 Å². The molecule has 0 aromatic carbocycles. The Morgan fingerprint density at radius 3 is 1.58 bits per heavy atom. The minimum atomic E-state index is -0.519. The summed E-state index contributed by atoms with van der Waals surface area (Å²) in [5.41, 5.74) is -0.217. The van der Waals surface area contributed by atoms with Crippen molar-refractivity contribution in [2.75, 3.05) is 39.3 Å². The topological polar surface area (TPSA) is 123 Å². The van der Waals surface area contributed by atoms with Gasteiger partial charge in [-0.05, 0) is 211 Å². The fourth-order valence-corrected chi connectivity index (χ4v) is 18.1. The summed E-state index contributed by atoms with van der Waals surface area (Å²) in [5.74, 6) is 6.57. The number of aromatic nitrogens is 2. The van der Waals surface area contributed by atoms with Crippen LogP contribution in [0.4, 0.5) is 0 Å². The van der Waals surface area contributed by atoms with Crippen molar-refractivity contribution in [2.24, 2.45) is 85.8 Å². The second-order valence-corrected chi connectivity index (χ2v) is 24.2. The quantitative estimate of drug-likeness (QED) is 0.236. The van der Waals surface area contributed by atoms with Crippen molar-refractivity contribution in [3.8, 4) is 0 Å². The zero-order chi connectivity index (χ0) is 44.8. The molecule has 368 valence electrons. The van der Waals surface area contributed by atoms with Crippen molar-refractivity contribution >= 4 is 33.7 Å². The number of rotatable bonds is 9. The van der Waals surface area contributed by atoms with E-state index in [-0.39, 0.29) is 48.3 Å². The predicted molar refractivity (Wildman–Crippen MR) is 266 cm³/mol. The molecule has 10 heteroatoms. The number of allylic oxidation sites excluding steroid dienone is 1. The van der Waals surface area contributed by atoms with E-state index in [1.54, 1.807) is 17.1 Å². The predicted octanol–water partition coefficient (Wildman–Crippen LogP) is 11.4. The minimum absolute atomic E-state index is 0. The average molecular weight is 969 g/mol. The van der Waals surface area contributed by atoms with E-state index in [0.29, 0.717) is 64.9 Å². The lowest BCUT2D eigenvalue weighted by Gasteiger charge is -2.62. The van der Waals surface area contributed by atoms with Gasteiger partial charge in [-0.2, -0.15) is 5.10 Å². The van der Waals surface area contributed by atoms with Gasteiger partial charge in [-0.15, -0.1) is 0 Å². The number of ether oxygens (including phenoxy) is 2. The Labute approximate surface area is 402 Å². The van der Waals surface area contributed by atoms with E-state index in [1.165, 1.54) is 57.8 Å². The Kier molecular flexibility index (Phi) is 16.8. The second-order valence-electron chi connectivity index (χ2n) is 23.6. The molecular weight excluding hydrogens is 879 g/mol. The van der Waals surface area contributed by atoms with E-state index in [0.717, 1.165) is 83.5 Å². The number of methoxy groups -OCH3 is 2. The highest BCUT2D eigenvalue weighted by molar-refractivity contribution is 9.09. The van der Waals surface area contributed by atoms with Gasteiger partial charge in [-0.3, -0.25) is 19.3 Å². The van der Waals surface area contributed by atoms with Gasteiger partial charge in [0, 0.05) is 44.7 Å². The zero-order valence-corrected chi connectivity index (χ0v) is 41.3. The lowest BCUT2D eigenvalue weighted by Crippen LogP contribution is -2.58. The van der Waals surface area contributed by atoms with Crippen LogP contribution in [0.5, 0.6) is 0 Å². The van der Waals surface area contributed by atoms with E-state index in [4.69, 9.17) is 9.47 Å². The number of aliphatic imine (C=N–C) groups is 1. The van der Waals surface area contributed by atoms with Crippen molar-refractivity contribution in [3.63, 3.8) is 0 Å². The van der Waals surface area contributed by atoms with Gasteiger partial charge in [0.15, 0.2) is 5.78 Å². The van der Waals surface area contributed by atoms with Gasteiger partial charge in [-0.1, -0.05) is 50.7 Å². The normalized spacial score (nSPS) is 45.2. The molecular formula is C55H90BrN3O6. The number of hydrogen-bond acceptors (Lipinski definition) is 8. The van der Waals surface area contributed by atoms with Crippen LogP contribution in [0.2, 0.25) is 0 Å². The molecule has 2 N–H and O–H groups in total. The lowest BCUT2D eigenvalue weighted by atomic mass is 9.43. The SMILES string of the molecule is C.C.C1=CCN=C1.COC[C@]12CC[C@@](C)(O)C[C@@H]1CC[C@H]1[C@@H]3CC[C@H](C(=O)CBr)[C@@]3(C)CC[C@@H]12.COC[C@]12CC[C@@](C)(O)C[C@@H]1CC[C@H]1[C@@H]3CC[C@H](C(=O)Cn4cccn4)[C@@]3(C)CC[C@@H]12. The second kappa shape index (κ2) is 20.7. The fourth-order valence-electron chi connectivity index (χ4n) is 17.7. The van der Waals surface area contributed by atoms with E-state index < -0.39 is 11.2 Å². The van der Waals surface area contributed by atoms with Crippen LogP contribution in [-0.2, 0) is 25.6 Å². The number of ketones is 2. The molecule has 1 aromatic heterocycles. The molecule has 0 radical (unpaired) electrons. The molecule has 9 aliphatic rings. The standard InChI is InChI=1S/C26H40N2O3.C23H37BrO3.C4H5N.2CH4/c1-24(30)11-12-26(17-31-3)18(15-24)5-6-19-20-7-8-22(25(20,2)10-9-21(19)26)23(29)16-28-14-4-13-27-28;1-21(26)10-11-23(14-27-3)15(12-21)4-5-16-17-6-7-19(20(25)13-24)22(17,2)9-8-18(16)23;1-2-4-5-3-1;;/h4,13-14,18-22,30H,5-12,15-17H2,1-3H3;15-19,26H,4-14H2,1-3H3;1-3H,4H2;2*1H4/t18-,19-,20-,21-,22+,24+,25-,26+;15-,16-,17-,18-,19+,21+,22-,23+;;;/m00.../s1. The Morgan fingerprint density at radius 1 is 0.677 bits per heavy atom. The Morgan fingerprint density at radius 2 is 1.18 bits per heavy atom. The number of carbonyl (C=O) groups is 2. The smallest absolute Gasteiger partial charge is 0.157 e. The van der Waals surface area contributed by atoms with Crippen LogP contribution in [0.25, 0.3) is 0 Å². The molecule has 2 heterocycles. The summed E-state index contributed by atoms with van der Waals surface area (Å²) in [6.07, 6.45) is 29.6. The molecule has 0 amide bonds. The molecule has 9 nitrogen and oxygen atoms in total. The van der Waals surface area contributed by atoms with Crippen molar-refractivity contribution in [2.45, 2.75) is 176 Å². The largest absolute Gasteiger partial charge is 0.390 e. The van der Waals surface area contributed by atoms with Crippen LogP contribution in [0.3, 0.4) is 0 Å². The highest BCUT2D eigenvalue weighted by Crippen LogP contribution is 2.70. The third-order valence-corrected chi connectivity index (χ3v) is 21.0. The van der Waals surface area contributed by atoms with E-state index in [1.807, 2.05) is 52.5 Å². The highest BCUT2D eigenvalue weighted by Gasteiger charge is 2.65. The molecule has 0 saturated heterocycles. The Hall–Kier alpha value is -1.72. The van der Waals surface area contributed by atoms with Crippen molar-refractivity contribution < 1.29 is 29.3 Å². The Bertz CT molecular complexity index is 1800. The van der Waals surface area contributed by atoms with E-state index in [2.05, 4.69) is 39.9 Å². The first-order chi connectivity index (χ1) is 30.1. The molecule has 65 heavy (non-hydrogen) atoms. The third kappa shape index (κ3) is 9.76. The molecule has 0 spiro atoms. The number of nitrogens with zero attached hydrogens (tertiary/aromatic N) is 3. The van der Waals surface area contributed by atoms with Crippen LogP contribution >= 0.6 is 15.9 Å². The molecule has 0 bridgehead atoms. The number of fused-ring (bicyclic) bond motifs is 10. The molecule has 1 aliphatic heterocycles. The summed E-state index contributed by atoms with van der Waals surface area (Å²) in [6, 6.07) is 1.90. The lowest BCUT2D eigenvalue weighted by molar-refractivity contribution is -0.175. The minimum Gasteiger partial charge on any atom is -0.390 e. The molecule has 1 aromatic rings.